The lowest BCUT2D eigenvalue weighted by molar-refractivity contribution is 0.640. The lowest BCUT2D eigenvalue weighted by Gasteiger charge is -2.05. The second kappa shape index (κ2) is 6.61. The van der Waals surface area contributed by atoms with Gasteiger partial charge in [-0.3, -0.25) is 0 Å². The van der Waals surface area contributed by atoms with Gasteiger partial charge in [0.25, 0.3) is 0 Å². The highest BCUT2D eigenvalue weighted by atomic mass is 14.8. The van der Waals surface area contributed by atoms with Crippen molar-refractivity contribution in [1.29, 1.82) is 0 Å². The number of hydrogen-bond donors (Lipinski definition) is 1. The molecule has 0 bridgehead atoms. The average Bonchev–Trinajstić information content (AvgIpc) is 2.20. The van der Waals surface area contributed by atoms with Crippen molar-refractivity contribution >= 4 is 0 Å². The lowest BCUT2D eigenvalue weighted by Crippen LogP contribution is -2.13. The summed E-state index contributed by atoms with van der Waals surface area (Å²) in [6, 6.07) is 8.67. The summed E-state index contributed by atoms with van der Waals surface area (Å²) < 4.78 is 0. The fourth-order valence-electron chi connectivity index (χ4n) is 1.63. The number of hydrogen-bond acceptors (Lipinski definition) is 1. The van der Waals surface area contributed by atoms with Crippen LogP contribution in [0.25, 0.3) is 0 Å². The van der Waals surface area contributed by atoms with Crippen LogP contribution in [0.15, 0.2) is 24.3 Å². The third-order valence-corrected chi connectivity index (χ3v) is 2.56. The number of nitrogens with one attached hydrogen (secondary N) is 1. The zero-order valence-electron chi connectivity index (χ0n) is 9.34. The highest BCUT2D eigenvalue weighted by Crippen LogP contribution is 2.10. The molecule has 1 N–H and O–H groups in total. The van der Waals surface area contributed by atoms with Gasteiger partial charge in [0.2, 0.25) is 0 Å². The van der Waals surface area contributed by atoms with Crippen LogP contribution in [0.5, 0.6) is 0 Å². The van der Waals surface area contributed by atoms with Crippen LogP contribution in [0.2, 0.25) is 0 Å². The smallest absolute Gasteiger partial charge is 0.00489 e. The molecule has 0 amide bonds. The first-order valence-corrected chi connectivity index (χ1v) is 5.60. The molecule has 1 rings (SSSR count). The second-order valence-corrected chi connectivity index (χ2v) is 3.74. The molecule has 0 radical (unpaired) electrons. The molecule has 1 aromatic rings. The fraction of sp³-hybridized carbons (Fsp3) is 0.538. The third kappa shape index (κ3) is 3.93. The largest absolute Gasteiger partial charge is 0.317 e. The summed E-state index contributed by atoms with van der Waals surface area (Å²) in [5.41, 5.74) is 2.93. The number of benzene rings is 1. The van der Waals surface area contributed by atoms with Crippen LogP contribution in [0.3, 0.4) is 0 Å². The van der Waals surface area contributed by atoms with Crippen LogP contribution < -0.4 is 5.32 Å². The van der Waals surface area contributed by atoms with Gasteiger partial charge in [0.1, 0.15) is 0 Å². The van der Waals surface area contributed by atoms with Crippen molar-refractivity contribution in [2.75, 3.05) is 13.1 Å². The molecule has 0 heterocycles. The summed E-state index contributed by atoms with van der Waals surface area (Å²) in [4.78, 5) is 0. The summed E-state index contributed by atoms with van der Waals surface area (Å²) in [5.74, 6) is 0. The molecule has 0 fully saturated rings. The van der Waals surface area contributed by atoms with Gasteiger partial charge in [-0.05, 0) is 50.4 Å². The Kier molecular flexibility index (Phi) is 5.31. The molecule has 0 aromatic heterocycles. The zero-order chi connectivity index (χ0) is 10.2. The molecule has 1 heteroatoms. The van der Waals surface area contributed by atoms with Gasteiger partial charge < -0.3 is 5.32 Å². The van der Waals surface area contributed by atoms with E-state index in [2.05, 4.69) is 43.4 Å². The maximum absolute atomic E-state index is 3.35. The van der Waals surface area contributed by atoms with E-state index in [4.69, 9.17) is 0 Å². The zero-order valence-corrected chi connectivity index (χ0v) is 9.34. The first-order chi connectivity index (χ1) is 6.84. The van der Waals surface area contributed by atoms with Crippen molar-refractivity contribution < 1.29 is 0 Å². The third-order valence-electron chi connectivity index (χ3n) is 2.56. The Bertz CT molecular complexity index is 255. The molecule has 0 aliphatic rings. The van der Waals surface area contributed by atoms with Gasteiger partial charge in [-0.2, -0.15) is 0 Å². The van der Waals surface area contributed by atoms with Crippen molar-refractivity contribution in [3.8, 4) is 0 Å². The van der Waals surface area contributed by atoms with Crippen LogP contribution in [0.1, 0.15) is 30.9 Å². The van der Waals surface area contributed by atoms with E-state index in [9.17, 15) is 0 Å². The van der Waals surface area contributed by atoms with Gasteiger partial charge in [-0.1, -0.05) is 31.2 Å². The normalized spacial score (nSPS) is 10.4. The van der Waals surface area contributed by atoms with Gasteiger partial charge in [-0.25, -0.2) is 0 Å². The minimum absolute atomic E-state index is 1.09. The van der Waals surface area contributed by atoms with Crippen LogP contribution in [0.4, 0.5) is 0 Å². The van der Waals surface area contributed by atoms with Crippen LogP contribution in [0, 0.1) is 6.92 Å². The standard InChI is InChI=1S/C13H21N/c1-3-14-11-7-6-10-13-9-5-4-8-12(13)2/h4-5,8-9,14H,3,6-7,10-11H2,1-2H3. The second-order valence-electron chi connectivity index (χ2n) is 3.74. The van der Waals surface area contributed by atoms with Crippen LogP contribution in [-0.2, 0) is 6.42 Å². The summed E-state index contributed by atoms with van der Waals surface area (Å²) >= 11 is 0. The Morgan fingerprint density at radius 3 is 2.64 bits per heavy atom. The monoisotopic (exact) mass is 191 g/mol. The average molecular weight is 191 g/mol. The van der Waals surface area contributed by atoms with Crippen molar-refractivity contribution in [2.24, 2.45) is 0 Å². The Balaban J connectivity index is 2.21. The number of rotatable bonds is 6. The van der Waals surface area contributed by atoms with Crippen molar-refractivity contribution in [3.05, 3.63) is 35.4 Å². The van der Waals surface area contributed by atoms with Crippen molar-refractivity contribution in [1.82, 2.24) is 5.32 Å². The van der Waals surface area contributed by atoms with Crippen molar-refractivity contribution in [2.45, 2.75) is 33.1 Å². The molecule has 0 aliphatic carbocycles. The van der Waals surface area contributed by atoms with Gasteiger partial charge in [0, 0.05) is 0 Å². The summed E-state index contributed by atoms with van der Waals surface area (Å²) in [7, 11) is 0. The molecule has 1 aromatic carbocycles. The molecular formula is C13H21N. The van der Waals surface area contributed by atoms with Crippen molar-refractivity contribution in [3.63, 3.8) is 0 Å². The molecule has 1 nitrogen and oxygen atoms in total. The maximum Gasteiger partial charge on any atom is -0.00489 e. The van der Waals surface area contributed by atoms with E-state index in [0.29, 0.717) is 0 Å². The highest BCUT2D eigenvalue weighted by molar-refractivity contribution is 5.25. The molecule has 0 unspecified atom stereocenters. The maximum atomic E-state index is 3.35. The molecule has 78 valence electrons. The van der Waals surface area contributed by atoms with E-state index in [1.54, 1.807) is 0 Å². The molecule has 0 saturated heterocycles. The van der Waals surface area contributed by atoms with E-state index in [0.717, 1.165) is 13.1 Å². The molecule has 0 aliphatic heterocycles. The fourth-order valence-corrected chi connectivity index (χ4v) is 1.63. The Labute approximate surface area is 87.5 Å². The first-order valence-electron chi connectivity index (χ1n) is 5.60. The van der Waals surface area contributed by atoms with E-state index in [1.807, 2.05) is 0 Å². The minimum Gasteiger partial charge on any atom is -0.317 e. The Morgan fingerprint density at radius 2 is 1.93 bits per heavy atom. The molecule has 0 atom stereocenters. The van der Waals surface area contributed by atoms with E-state index >= 15 is 0 Å². The topological polar surface area (TPSA) is 12.0 Å². The lowest BCUT2D eigenvalue weighted by atomic mass is 10.0. The number of aryl methyl sites for hydroxylation is 2. The van der Waals surface area contributed by atoms with E-state index in [1.165, 1.54) is 30.4 Å². The molecule has 0 saturated carbocycles. The van der Waals surface area contributed by atoms with E-state index < -0.39 is 0 Å². The molecular weight excluding hydrogens is 170 g/mol. The Morgan fingerprint density at radius 1 is 1.14 bits per heavy atom. The van der Waals surface area contributed by atoms with Crippen LogP contribution >= 0.6 is 0 Å². The summed E-state index contributed by atoms with van der Waals surface area (Å²) in [5, 5.41) is 3.35. The minimum atomic E-state index is 1.09. The predicted molar refractivity (Wildman–Crippen MR) is 62.7 cm³/mol. The van der Waals surface area contributed by atoms with Gasteiger partial charge in [-0.15, -0.1) is 0 Å². The molecule has 14 heavy (non-hydrogen) atoms. The highest BCUT2D eigenvalue weighted by Gasteiger charge is 1.96. The SMILES string of the molecule is CCNCCCCc1ccccc1C. The van der Waals surface area contributed by atoms with Gasteiger partial charge >= 0.3 is 0 Å². The quantitative estimate of drug-likeness (QED) is 0.682. The van der Waals surface area contributed by atoms with Gasteiger partial charge in [0.05, 0.1) is 0 Å². The van der Waals surface area contributed by atoms with Gasteiger partial charge in [0.15, 0.2) is 0 Å². The Hall–Kier alpha value is -0.820. The number of unbranched alkanes of at least 4 members (excludes halogenated alkanes) is 1. The first kappa shape index (κ1) is 11.3. The summed E-state index contributed by atoms with van der Waals surface area (Å²) in [6.45, 7) is 6.59. The summed E-state index contributed by atoms with van der Waals surface area (Å²) in [6.07, 6.45) is 3.79. The van der Waals surface area contributed by atoms with E-state index in [-0.39, 0.29) is 0 Å². The molecule has 0 spiro atoms. The van der Waals surface area contributed by atoms with Crippen LogP contribution in [-0.4, -0.2) is 13.1 Å². The predicted octanol–water partition coefficient (Wildman–Crippen LogP) is 2.93.